The van der Waals surface area contributed by atoms with Gasteiger partial charge in [-0.2, -0.15) is 9.41 Å². The molecule has 0 aliphatic carbocycles. The van der Waals surface area contributed by atoms with E-state index in [1.807, 2.05) is 49.0 Å². The fourth-order valence-electron chi connectivity index (χ4n) is 3.65. The Morgan fingerprint density at radius 3 is 2.76 bits per heavy atom. The summed E-state index contributed by atoms with van der Waals surface area (Å²) in [4.78, 5) is 0.249. The molecule has 0 spiro atoms. The Morgan fingerprint density at radius 1 is 1.24 bits per heavy atom. The van der Waals surface area contributed by atoms with Crippen LogP contribution >= 0.6 is 23.8 Å². The summed E-state index contributed by atoms with van der Waals surface area (Å²) in [6.45, 7) is 3.40. The van der Waals surface area contributed by atoms with Gasteiger partial charge in [0.2, 0.25) is 10.0 Å². The van der Waals surface area contributed by atoms with Crippen LogP contribution in [-0.4, -0.2) is 54.9 Å². The third-order valence-electron chi connectivity index (χ3n) is 5.49. The number of hydrogen-bond donors (Lipinski definition) is 2. The van der Waals surface area contributed by atoms with E-state index in [0.717, 1.165) is 27.7 Å². The highest BCUT2D eigenvalue weighted by molar-refractivity contribution is 7.89. The van der Waals surface area contributed by atoms with E-state index < -0.39 is 10.0 Å². The quantitative estimate of drug-likeness (QED) is 0.313. The first-order valence-electron chi connectivity index (χ1n) is 10.3. The largest absolute Gasteiger partial charge is 0.379 e. The fourth-order valence-corrected chi connectivity index (χ4v) is 5.43. The topological polar surface area (TPSA) is 88.0 Å². The molecular formula is C22H24ClN5O3S2. The Kier molecular flexibility index (Phi) is 7.01. The number of aromatic nitrogens is 1. The van der Waals surface area contributed by atoms with Crippen LogP contribution in [0.3, 0.4) is 0 Å². The van der Waals surface area contributed by atoms with Crippen molar-refractivity contribution in [1.82, 2.24) is 14.3 Å². The smallest absolute Gasteiger partial charge is 0.243 e. The molecule has 0 radical (unpaired) electrons. The zero-order chi connectivity index (χ0) is 23.6. The number of nitrogens with zero attached hydrogens (tertiary/aromatic N) is 3. The summed E-state index contributed by atoms with van der Waals surface area (Å²) in [5.74, 6) is 0. The number of halogens is 1. The third-order valence-corrected chi connectivity index (χ3v) is 7.98. The number of nitrogens with one attached hydrogen (secondary N) is 2. The molecule has 8 nitrogen and oxygen atoms in total. The summed E-state index contributed by atoms with van der Waals surface area (Å²) >= 11 is 11.5. The fraction of sp³-hybridized carbons (Fsp3) is 0.273. The molecule has 1 saturated heterocycles. The first-order valence-corrected chi connectivity index (χ1v) is 12.5. The van der Waals surface area contributed by atoms with Gasteiger partial charge in [0, 0.05) is 53.5 Å². The molecular weight excluding hydrogens is 482 g/mol. The van der Waals surface area contributed by atoms with Crippen LogP contribution in [0.25, 0.3) is 10.9 Å². The van der Waals surface area contributed by atoms with Crippen molar-refractivity contribution in [3.8, 4) is 0 Å². The Hall–Kier alpha value is -2.50. The van der Waals surface area contributed by atoms with E-state index >= 15 is 0 Å². The summed E-state index contributed by atoms with van der Waals surface area (Å²) in [5.41, 5.74) is 6.13. The van der Waals surface area contributed by atoms with Gasteiger partial charge in [-0.15, -0.1) is 0 Å². The number of sulfonamides is 1. The van der Waals surface area contributed by atoms with Gasteiger partial charge in [-0.3, -0.25) is 5.43 Å². The van der Waals surface area contributed by atoms with Gasteiger partial charge in [0.05, 0.1) is 24.3 Å². The van der Waals surface area contributed by atoms with Crippen LogP contribution in [0.15, 0.2) is 52.6 Å². The van der Waals surface area contributed by atoms with Crippen molar-refractivity contribution in [2.24, 2.45) is 12.1 Å². The van der Waals surface area contributed by atoms with E-state index in [1.165, 1.54) is 4.31 Å². The Labute approximate surface area is 203 Å². The van der Waals surface area contributed by atoms with Gasteiger partial charge < -0.3 is 14.6 Å². The minimum Gasteiger partial charge on any atom is -0.379 e. The lowest BCUT2D eigenvalue weighted by molar-refractivity contribution is 0.0730. The third kappa shape index (κ3) is 5.04. The van der Waals surface area contributed by atoms with Crippen LogP contribution < -0.4 is 10.7 Å². The minimum atomic E-state index is -3.59. The lowest BCUT2D eigenvalue weighted by atomic mass is 10.2. The van der Waals surface area contributed by atoms with E-state index in [1.54, 1.807) is 18.3 Å². The molecule has 0 unspecified atom stereocenters. The number of hydrogen-bond acceptors (Lipinski definition) is 5. The number of rotatable bonds is 5. The summed E-state index contributed by atoms with van der Waals surface area (Å²) in [5, 5.41) is 9.04. The van der Waals surface area contributed by atoms with Crippen molar-refractivity contribution in [2.75, 3.05) is 31.6 Å². The molecule has 4 rings (SSSR count). The maximum atomic E-state index is 13.1. The second-order valence-corrected chi connectivity index (χ2v) is 10.4. The zero-order valence-corrected chi connectivity index (χ0v) is 20.6. The normalized spacial score (nSPS) is 15.2. The summed E-state index contributed by atoms with van der Waals surface area (Å²) < 4.78 is 34.8. The van der Waals surface area contributed by atoms with Crippen molar-refractivity contribution in [2.45, 2.75) is 11.8 Å². The van der Waals surface area contributed by atoms with Crippen LogP contribution in [0, 0.1) is 6.92 Å². The number of benzene rings is 2. The predicted molar refractivity (Wildman–Crippen MR) is 136 cm³/mol. The van der Waals surface area contributed by atoms with E-state index in [0.29, 0.717) is 36.4 Å². The van der Waals surface area contributed by atoms with E-state index in [9.17, 15) is 8.42 Å². The molecule has 3 aromatic rings. The number of fused-ring (bicyclic) bond motifs is 1. The molecule has 1 aliphatic heterocycles. The summed E-state index contributed by atoms with van der Waals surface area (Å²) in [6.07, 6.45) is 3.50. The Morgan fingerprint density at radius 2 is 2.00 bits per heavy atom. The van der Waals surface area contributed by atoms with Crippen molar-refractivity contribution in [3.63, 3.8) is 0 Å². The molecule has 0 atom stereocenters. The highest BCUT2D eigenvalue weighted by Crippen LogP contribution is 2.26. The molecule has 11 heteroatoms. The van der Waals surface area contributed by atoms with Crippen LogP contribution in [0.4, 0.5) is 5.69 Å². The van der Waals surface area contributed by atoms with Gasteiger partial charge in [0.25, 0.3) is 0 Å². The van der Waals surface area contributed by atoms with Crippen LogP contribution in [0.2, 0.25) is 5.02 Å². The van der Waals surface area contributed by atoms with E-state index in [2.05, 4.69) is 15.8 Å². The van der Waals surface area contributed by atoms with Crippen LogP contribution in [-0.2, 0) is 21.8 Å². The average molecular weight is 506 g/mol. The van der Waals surface area contributed by atoms with E-state index in [-0.39, 0.29) is 4.90 Å². The molecule has 0 saturated carbocycles. The predicted octanol–water partition coefficient (Wildman–Crippen LogP) is 3.48. The van der Waals surface area contributed by atoms with Crippen LogP contribution in [0.5, 0.6) is 0 Å². The number of ether oxygens (including phenoxy) is 1. The van der Waals surface area contributed by atoms with Gasteiger partial charge >= 0.3 is 0 Å². The van der Waals surface area contributed by atoms with Crippen molar-refractivity contribution >= 4 is 61.8 Å². The number of hydrazone groups is 1. The molecule has 33 heavy (non-hydrogen) atoms. The molecule has 0 amide bonds. The molecule has 2 N–H and O–H groups in total. The summed E-state index contributed by atoms with van der Waals surface area (Å²) in [6, 6.07) is 10.7. The maximum Gasteiger partial charge on any atom is 0.243 e. The van der Waals surface area contributed by atoms with Crippen molar-refractivity contribution < 1.29 is 13.2 Å². The van der Waals surface area contributed by atoms with E-state index in [4.69, 9.17) is 28.6 Å². The van der Waals surface area contributed by atoms with Gasteiger partial charge in [-0.1, -0.05) is 17.7 Å². The molecule has 1 aromatic heterocycles. The standard InChI is InChI=1S/C22H24ClN5O3S2/c1-15-19(23)4-3-5-20(15)25-22(32)26-24-13-16-14-27(2)21-7-6-17(12-18(16)21)33(29,30)28-8-10-31-11-9-28/h3-7,12-14H,8-11H2,1-2H3,(H2,25,26,32). The lowest BCUT2D eigenvalue weighted by Crippen LogP contribution is -2.40. The maximum absolute atomic E-state index is 13.1. The number of morpholine rings is 1. The second-order valence-electron chi connectivity index (χ2n) is 7.63. The summed E-state index contributed by atoms with van der Waals surface area (Å²) in [7, 11) is -1.69. The molecule has 2 aromatic carbocycles. The van der Waals surface area contributed by atoms with Crippen molar-refractivity contribution in [3.05, 3.63) is 58.7 Å². The van der Waals surface area contributed by atoms with Gasteiger partial charge in [0.1, 0.15) is 0 Å². The van der Waals surface area contributed by atoms with Gasteiger partial charge in [-0.25, -0.2) is 8.42 Å². The molecule has 2 heterocycles. The number of anilines is 1. The zero-order valence-electron chi connectivity index (χ0n) is 18.2. The van der Waals surface area contributed by atoms with Crippen LogP contribution in [0.1, 0.15) is 11.1 Å². The lowest BCUT2D eigenvalue weighted by Gasteiger charge is -2.26. The highest BCUT2D eigenvalue weighted by Gasteiger charge is 2.26. The molecule has 1 aliphatic rings. The highest BCUT2D eigenvalue weighted by atomic mass is 35.5. The van der Waals surface area contributed by atoms with Gasteiger partial charge in [-0.05, 0) is 55.0 Å². The average Bonchev–Trinajstić information content (AvgIpc) is 3.12. The second kappa shape index (κ2) is 9.78. The van der Waals surface area contributed by atoms with Crippen molar-refractivity contribution in [1.29, 1.82) is 0 Å². The Balaban J connectivity index is 1.54. The monoisotopic (exact) mass is 505 g/mol. The van der Waals surface area contributed by atoms with Gasteiger partial charge in [0.15, 0.2) is 5.11 Å². The SMILES string of the molecule is Cc1c(Cl)cccc1NC(=S)NN=Cc1cn(C)c2ccc(S(=O)(=O)N3CCOCC3)cc12. The number of aryl methyl sites for hydroxylation is 1. The first kappa shape index (κ1) is 23.7. The number of thiocarbonyl (C=S) groups is 1. The first-order chi connectivity index (χ1) is 15.8. The minimum absolute atomic E-state index is 0.249. The molecule has 1 fully saturated rings. The molecule has 174 valence electrons. The molecule has 0 bridgehead atoms. The Bertz CT molecular complexity index is 1330.